The summed E-state index contributed by atoms with van der Waals surface area (Å²) in [5.74, 6) is 0.727. The second-order valence-electron chi connectivity index (χ2n) is 6.16. The number of carbonyl (C=O) groups excluding carboxylic acids is 1. The molecule has 4 nitrogen and oxygen atoms in total. The molecule has 1 aliphatic rings. The van der Waals surface area contributed by atoms with E-state index in [-0.39, 0.29) is 17.4 Å². The Labute approximate surface area is 120 Å². The van der Waals surface area contributed by atoms with E-state index in [1.807, 2.05) is 19.1 Å². The van der Waals surface area contributed by atoms with E-state index < -0.39 is 0 Å². The van der Waals surface area contributed by atoms with Gasteiger partial charge in [-0.3, -0.25) is 4.79 Å². The van der Waals surface area contributed by atoms with Gasteiger partial charge in [0.15, 0.2) is 0 Å². The SMILES string of the molecule is COc1cc(C(=O)NC2CCNCC2(C)C)ccc1C. The molecule has 1 fully saturated rings. The molecule has 1 unspecified atom stereocenters. The van der Waals surface area contributed by atoms with E-state index >= 15 is 0 Å². The summed E-state index contributed by atoms with van der Waals surface area (Å²) in [6.07, 6.45) is 0.960. The van der Waals surface area contributed by atoms with Gasteiger partial charge >= 0.3 is 0 Å². The molecule has 1 aliphatic heterocycles. The highest BCUT2D eigenvalue weighted by molar-refractivity contribution is 5.95. The van der Waals surface area contributed by atoms with Gasteiger partial charge < -0.3 is 15.4 Å². The first-order valence-electron chi connectivity index (χ1n) is 7.10. The molecule has 0 radical (unpaired) electrons. The quantitative estimate of drug-likeness (QED) is 0.889. The Bertz CT molecular complexity index is 497. The van der Waals surface area contributed by atoms with Gasteiger partial charge in [-0.25, -0.2) is 0 Å². The Kier molecular flexibility index (Phi) is 4.33. The number of ether oxygens (including phenoxy) is 1. The molecule has 0 bridgehead atoms. The van der Waals surface area contributed by atoms with Gasteiger partial charge in [0, 0.05) is 18.2 Å². The molecule has 0 aliphatic carbocycles. The van der Waals surface area contributed by atoms with Crippen molar-refractivity contribution >= 4 is 5.91 Å². The van der Waals surface area contributed by atoms with Crippen molar-refractivity contribution in [2.75, 3.05) is 20.2 Å². The van der Waals surface area contributed by atoms with Gasteiger partial charge in [0.05, 0.1) is 7.11 Å². The fourth-order valence-electron chi connectivity index (χ4n) is 2.64. The van der Waals surface area contributed by atoms with Crippen LogP contribution in [0.25, 0.3) is 0 Å². The average Bonchev–Trinajstić information content (AvgIpc) is 2.41. The summed E-state index contributed by atoms with van der Waals surface area (Å²) in [5.41, 5.74) is 1.76. The first-order chi connectivity index (χ1) is 9.44. The number of rotatable bonds is 3. The molecule has 0 saturated carbocycles. The van der Waals surface area contributed by atoms with Crippen LogP contribution in [0.15, 0.2) is 18.2 Å². The lowest BCUT2D eigenvalue weighted by molar-refractivity contribution is 0.0868. The van der Waals surface area contributed by atoms with E-state index in [0.29, 0.717) is 5.56 Å². The van der Waals surface area contributed by atoms with E-state index in [0.717, 1.165) is 30.8 Å². The molecule has 0 aromatic heterocycles. The molecule has 20 heavy (non-hydrogen) atoms. The molecule has 1 atom stereocenters. The fourth-order valence-corrected chi connectivity index (χ4v) is 2.64. The predicted molar refractivity (Wildman–Crippen MR) is 80.3 cm³/mol. The zero-order valence-corrected chi connectivity index (χ0v) is 12.7. The van der Waals surface area contributed by atoms with Crippen LogP contribution in [0.2, 0.25) is 0 Å². The minimum atomic E-state index is -0.0247. The average molecular weight is 276 g/mol. The molecule has 1 aromatic carbocycles. The van der Waals surface area contributed by atoms with Crippen molar-refractivity contribution in [3.05, 3.63) is 29.3 Å². The van der Waals surface area contributed by atoms with Crippen LogP contribution >= 0.6 is 0 Å². The van der Waals surface area contributed by atoms with Crippen molar-refractivity contribution in [1.29, 1.82) is 0 Å². The fraction of sp³-hybridized carbons (Fsp3) is 0.562. The van der Waals surface area contributed by atoms with E-state index in [1.54, 1.807) is 13.2 Å². The Morgan fingerprint density at radius 1 is 1.45 bits per heavy atom. The van der Waals surface area contributed by atoms with Gasteiger partial charge in [-0.2, -0.15) is 0 Å². The van der Waals surface area contributed by atoms with Gasteiger partial charge in [-0.05, 0) is 43.0 Å². The second-order valence-corrected chi connectivity index (χ2v) is 6.16. The maximum Gasteiger partial charge on any atom is 0.251 e. The van der Waals surface area contributed by atoms with Crippen molar-refractivity contribution in [3.8, 4) is 5.75 Å². The van der Waals surface area contributed by atoms with E-state index in [2.05, 4.69) is 24.5 Å². The Balaban J connectivity index is 2.11. The maximum atomic E-state index is 12.4. The van der Waals surface area contributed by atoms with Crippen LogP contribution in [-0.4, -0.2) is 32.1 Å². The number of benzene rings is 1. The van der Waals surface area contributed by atoms with Crippen LogP contribution < -0.4 is 15.4 Å². The number of methoxy groups -OCH3 is 1. The number of nitrogens with one attached hydrogen (secondary N) is 2. The van der Waals surface area contributed by atoms with Crippen LogP contribution in [0, 0.1) is 12.3 Å². The molecular formula is C16H24N2O2. The monoisotopic (exact) mass is 276 g/mol. The van der Waals surface area contributed by atoms with Gasteiger partial charge in [0.1, 0.15) is 5.75 Å². The molecule has 1 heterocycles. The third kappa shape index (κ3) is 3.12. The summed E-state index contributed by atoms with van der Waals surface area (Å²) in [6, 6.07) is 5.77. The molecule has 0 spiro atoms. The second kappa shape index (κ2) is 5.83. The molecule has 2 N–H and O–H groups in total. The molecule has 1 saturated heterocycles. The zero-order valence-electron chi connectivity index (χ0n) is 12.7. The lowest BCUT2D eigenvalue weighted by atomic mass is 9.80. The van der Waals surface area contributed by atoms with Crippen molar-refractivity contribution < 1.29 is 9.53 Å². The standard InChI is InChI=1S/C16H24N2O2/c1-11-5-6-12(9-13(11)20-4)15(19)18-14-7-8-17-10-16(14,2)3/h5-6,9,14,17H,7-8,10H2,1-4H3,(H,18,19). The number of amides is 1. The van der Waals surface area contributed by atoms with Crippen LogP contribution in [0.3, 0.4) is 0 Å². The molecule has 2 rings (SSSR count). The number of piperidine rings is 1. The molecule has 4 heteroatoms. The summed E-state index contributed by atoms with van der Waals surface area (Å²) in [4.78, 5) is 12.4. The number of hydrogen-bond donors (Lipinski definition) is 2. The maximum absolute atomic E-state index is 12.4. The van der Waals surface area contributed by atoms with Crippen LogP contribution in [-0.2, 0) is 0 Å². The Morgan fingerprint density at radius 2 is 2.20 bits per heavy atom. The first kappa shape index (κ1) is 14.9. The lowest BCUT2D eigenvalue weighted by Gasteiger charge is -2.39. The van der Waals surface area contributed by atoms with Gasteiger partial charge in [-0.15, -0.1) is 0 Å². The molecule has 1 amide bonds. The minimum absolute atomic E-state index is 0.0247. The van der Waals surface area contributed by atoms with Crippen molar-refractivity contribution in [2.24, 2.45) is 5.41 Å². The smallest absolute Gasteiger partial charge is 0.251 e. The summed E-state index contributed by atoms with van der Waals surface area (Å²) in [6.45, 7) is 8.21. The lowest BCUT2D eigenvalue weighted by Crippen LogP contribution is -2.54. The summed E-state index contributed by atoms with van der Waals surface area (Å²) in [5, 5.41) is 6.53. The zero-order chi connectivity index (χ0) is 14.8. The summed E-state index contributed by atoms with van der Waals surface area (Å²) >= 11 is 0. The summed E-state index contributed by atoms with van der Waals surface area (Å²) in [7, 11) is 1.62. The number of carbonyl (C=O) groups is 1. The normalized spacial score (nSPS) is 21.3. The van der Waals surface area contributed by atoms with Gasteiger partial charge in [0.2, 0.25) is 0 Å². The van der Waals surface area contributed by atoms with E-state index in [9.17, 15) is 4.79 Å². The van der Waals surface area contributed by atoms with E-state index in [4.69, 9.17) is 4.74 Å². The van der Waals surface area contributed by atoms with Crippen molar-refractivity contribution in [3.63, 3.8) is 0 Å². The summed E-state index contributed by atoms with van der Waals surface area (Å²) < 4.78 is 5.28. The molecular weight excluding hydrogens is 252 g/mol. The highest BCUT2D eigenvalue weighted by atomic mass is 16.5. The van der Waals surface area contributed by atoms with Crippen molar-refractivity contribution in [2.45, 2.75) is 33.2 Å². The van der Waals surface area contributed by atoms with Gasteiger partial charge in [-0.1, -0.05) is 19.9 Å². The Hall–Kier alpha value is -1.55. The van der Waals surface area contributed by atoms with Crippen LogP contribution in [0.4, 0.5) is 0 Å². The molecule has 1 aromatic rings. The Morgan fingerprint density at radius 3 is 2.85 bits per heavy atom. The number of aryl methyl sites for hydroxylation is 1. The highest BCUT2D eigenvalue weighted by Gasteiger charge is 2.33. The predicted octanol–water partition coefficient (Wildman–Crippen LogP) is 2.12. The minimum Gasteiger partial charge on any atom is -0.496 e. The van der Waals surface area contributed by atoms with Gasteiger partial charge in [0.25, 0.3) is 5.91 Å². The van der Waals surface area contributed by atoms with E-state index in [1.165, 1.54) is 0 Å². The van der Waals surface area contributed by atoms with Crippen LogP contribution in [0.1, 0.15) is 36.2 Å². The molecule has 110 valence electrons. The third-order valence-electron chi connectivity index (χ3n) is 4.11. The van der Waals surface area contributed by atoms with Crippen LogP contribution in [0.5, 0.6) is 5.75 Å². The largest absolute Gasteiger partial charge is 0.496 e. The topological polar surface area (TPSA) is 50.4 Å². The first-order valence-corrected chi connectivity index (χ1v) is 7.10. The third-order valence-corrected chi connectivity index (χ3v) is 4.11. The highest BCUT2D eigenvalue weighted by Crippen LogP contribution is 2.26. The number of hydrogen-bond acceptors (Lipinski definition) is 3. The van der Waals surface area contributed by atoms with Crippen molar-refractivity contribution in [1.82, 2.24) is 10.6 Å².